The third kappa shape index (κ3) is 9.27. The van der Waals surface area contributed by atoms with Crippen molar-refractivity contribution >= 4 is 42.8 Å². The van der Waals surface area contributed by atoms with Gasteiger partial charge in [0.15, 0.2) is 5.17 Å². The Balaban J connectivity index is 2.73. The molecule has 0 spiro atoms. The fraction of sp³-hybridized carbons (Fsp3) is 0.621. The first-order valence-electron chi connectivity index (χ1n) is 13.7. The molecular formula is C29H45F2N3O5SSi. The van der Waals surface area contributed by atoms with Crippen LogP contribution >= 0.6 is 11.8 Å². The lowest BCUT2D eigenvalue weighted by Gasteiger charge is -2.48. The molecule has 3 atom stereocenters. The van der Waals surface area contributed by atoms with Crippen molar-refractivity contribution in [3.63, 3.8) is 0 Å². The molecule has 230 valence electrons. The van der Waals surface area contributed by atoms with Gasteiger partial charge in [-0.15, -0.1) is 0 Å². The molecule has 0 aliphatic carbocycles. The molecule has 2 rings (SSSR count). The summed E-state index contributed by atoms with van der Waals surface area (Å²) in [6, 6.07) is 4.77. The molecular weight excluding hydrogens is 568 g/mol. The summed E-state index contributed by atoms with van der Waals surface area (Å²) in [5, 5.41) is 0.0702. The second kappa shape index (κ2) is 13.7. The van der Waals surface area contributed by atoms with Gasteiger partial charge in [-0.2, -0.15) is 0 Å². The molecule has 0 fully saturated rings. The number of anilines is 1. The number of esters is 1. The van der Waals surface area contributed by atoms with Crippen molar-refractivity contribution in [3.05, 3.63) is 41.7 Å². The van der Waals surface area contributed by atoms with E-state index in [-0.39, 0.29) is 29.8 Å². The van der Waals surface area contributed by atoms with Crippen LogP contribution in [0.4, 0.5) is 19.3 Å². The summed E-state index contributed by atoms with van der Waals surface area (Å²) in [5.41, 5.74) is 3.56. The molecule has 2 N–H and O–H groups in total. The third-order valence-corrected chi connectivity index (χ3v) is 9.87. The van der Waals surface area contributed by atoms with Crippen molar-refractivity contribution in [2.75, 3.05) is 32.4 Å². The van der Waals surface area contributed by atoms with E-state index in [1.54, 1.807) is 47.6 Å². The van der Waals surface area contributed by atoms with Crippen LogP contribution in [0.1, 0.15) is 47.1 Å². The molecule has 1 aliphatic heterocycles. The average Bonchev–Trinajstić information content (AvgIpc) is 2.85. The Morgan fingerprint density at radius 2 is 1.93 bits per heavy atom. The van der Waals surface area contributed by atoms with E-state index in [2.05, 4.69) is 19.6 Å². The minimum Gasteiger partial charge on any atom is -0.463 e. The maximum atomic E-state index is 15.4. The largest absolute Gasteiger partial charge is 0.463 e. The number of nitrogen functional groups attached to an aromatic ring is 1. The topological polar surface area (TPSA) is 103 Å². The summed E-state index contributed by atoms with van der Waals surface area (Å²) in [6.07, 6.45) is 2.10. The standard InChI is InChI=1S/C29H45F2N3O5SSi/c1-10-38-24(35)13-14-28(6)20(2)29(18-30,22-17-21(32)11-12-23(22)31)33-25(40-28)34(26(36)39-27(3,4)5)19-37-15-16-41(7,8)9/h11-14,17,20H,10,15-16,18-19,32H2,1-9H3/b14-13+/t20-,28-,29+/m1/s1. The third-order valence-electron chi connectivity index (χ3n) is 6.74. The number of alkyl halides is 1. The summed E-state index contributed by atoms with van der Waals surface area (Å²) < 4.78 is 46.4. The second-order valence-electron chi connectivity index (χ2n) is 12.5. The fourth-order valence-corrected chi connectivity index (χ4v) is 6.29. The van der Waals surface area contributed by atoms with Crippen LogP contribution in [-0.4, -0.2) is 67.2 Å². The highest BCUT2D eigenvalue weighted by molar-refractivity contribution is 8.15. The van der Waals surface area contributed by atoms with E-state index in [0.717, 1.165) is 17.8 Å². The lowest BCUT2D eigenvalue weighted by atomic mass is 9.73. The highest BCUT2D eigenvalue weighted by atomic mass is 32.2. The molecule has 0 saturated heterocycles. The van der Waals surface area contributed by atoms with Gasteiger partial charge < -0.3 is 19.9 Å². The highest BCUT2D eigenvalue weighted by Gasteiger charge is 2.54. The van der Waals surface area contributed by atoms with E-state index in [1.165, 1.54) is 29.2 Å². The lowest BCUT2D eigenvalue weighted by molar-refractivity contribution is -0.137. The van der Waals surface area contributed by atoms with E-state index >= 15 is 8.78 Å². The molecule has 1 aliphatic rings. The van der Waals surface area contributed by atoms with Gasteiger partial charge in [0.05, 0.1) is 6.61 Å². The van der Waals surface area contributed by atoms with Crippen LogP contribution in [0.25, 0.3) is 0 Å². The maximum Gasteiger partial charge on any atom is 0.418 e. The van der Waals surface area contributed by atoms with E-state index in [9.17, 15) is 9.59 Å². The molecule has 0 saturated carbocycles. The molecule has 1 aromatic rings. The van der Waals surface area contributed by atoms with Gasteiger partial charge >= 0.3 is 12.1 Å². The van der Waals surface area contributed by atoms with Gasteiger partial charge in [0.2, 0.25) is 0 Å². The zero-order chi connectivity index (χ0) is 31.2. The number of nitrogens with two attached hydrogens (primary N) is 1. The van der Waals surface area contributed by atoms with Crippen LogP contribution in [0.15, 0.2) is 35.3 Å². The number of rotatable bonds is 10. The predicted molar refractivity (Wildman–Crippen MR) is 164 cm³/mol. The van der Waals surface area contributed by atoms with Gasteiger partial charge in [0.1, 0.15) is 30.4 Å². The van der Waals surface area contributed by atoms with Crippen molar-refractivity contribution in [2.45, 2.75) is 83.1 Å². The minimum atomic E-state index is -1.79. The van der Waals surface area contributed by atoms with Crippen LogP contribution < -0.4 is 5.73 Å². The van der Waals surface area contributed by atoms with Crippen LogP contribution in [0.3, 0.4) is 0 Å². The first kappa shape index (κ1) is 34.8. The number of carbonyl (C=O) groups excluding carboxylic acids is 2. The van der Waals surface area contributed by atoms with E-state index in [4.69, 9.17) is 24.9 Å². The molecule has 1 amide bonds. The number of aliphatic imine (C=N–C) groups is 1. The smallest absolute Gasteiger partial charge is 0.418 e. The van der Waals surface area contributed by atoms with Crippen molar-refractivity contribution in [2.24, 2.45) is 10.9 Å². The van der Waals surface area contributed by atoms with E-state index in [0.29, 0.717) is 6.61 Å². The monoisotopic (exact) mass is 613 g/mol. The number of hydrogen-bond donors (Lipinski definition) is 1. The summed E-state index contributed by atoms with van der Waals surface area (Å²) >= 11 is 1.14. The fourth-order valence-electron chi connectivity index (χ4n) is 4.19. The number of nitrogens with zero attached hydrogens (tertiary/aromatic N) is 2. The summed E-state index contributed by atoms with van der Waals surface area (Å²) in [6.45, 7) is 16.3. The molecule has 1 aromatic carbocycles. The van der Waals surface area contributed by atoms with Gasteiger partial charge in [-0.3, -0.25) is 0 Å². The molecule has 41 heavy (non-hydrogen) atoms. The number of benzene rings is 1. The number of amidine groups is 1. The Hall–Kier alpha value is -2.44. The van der Waals surface area contributed by atoms with E-state index < -0.39 is 54.4 Å². The van der Waals surface area contributed by atoms with Crippen LogP contribution in [0, 0.1) is 11.7 Å². The van der Waals surface area contributed by atoms with Crippen molar-refractivity contribution in [1.82, 2.24) is 4.90 Å². The second-order valence-corrected chi connectivity index (χ2v) is 19.6. The van der Waals surface area contributed by atoms with Crippen LogP contribution in [-0.2, 0) is 24.5 Å². The summed E-state index contributed by atoms with van der Waals surface area (Å²) in [5.74, 6) is -1.97. The van der Waals surface area contributed by atoms with Crippen LogP contribution in [0.2, 0.25) is 25.7 Å². The summed E-state index contributed by atoms with van der Waals surface area (Å²) in [7, 11) is -1.43. The van der Waals surface area contributed by atoms with Gasteiger partial charge in [-0.05, 0) is 58.9 Å². The van der Waals surface area contributed by atoms with Gasteiger partial charge in [-0.25, -0.2) is 28.3 Å². The van der Waals surface area contributed by atoms with Crippen LogP contribution in [0.5, 0.6) is 0 Å². The maximum absolute atomic E-state index is 15.4. The van der Waals surface area contributed by atoms with Gasteiger partial charge in [0.25, 0.3) is 0 Å². The van der Waals surface area contributed by atoms with Gasteiger partial charge in [-0.1, -0.05) is 44.4 Å². The molecule has 0 unspecified atom stereocenters. The number of ether oxygens (including phenoxy) is 3. The molecule has 0 aromatic heterocycles. The Bertz CT molecular complexity index is 1150. The molecule has 1 heterocycles. The predicted octanol–water partition coefficient (Wildman–Crippen LogP) is 6.74. The number of thioether (sulfide) groups is 1. The van der Waals surface area contributed by atoms with Gasteiger partial charge in [0, 0.05) is 42.7 Å². The Kier molecular flexibility index (Phi) is 11.6. The Labute approximate surface area is 248 Å². The normalized spacial score (nSPS) is 23.3. The average molecular weight is 614 g/mol. The first-order valence-corrected chi connectivity index (χ1v) is 18.2. The van der Waals surface area contributed by atoms with Crippen molar-refractivity contribution in [3.8, 4) is 0 Å². The molecule has 8 nitrogen and oxygen atoms in total. The quantitative estimate of drug-likeness (QED) is 0.0779. The van der Waals surface area contributed by atoms with Crippen molar-refractivity contribution in [1.29, 1.82) is 0 Å². The Morgan fingerprint density at radius 1 is 1.27 bits per heavy atom. The number of carbonyl (C=O) groups is 2. The first-order chi connectivity index (χ1) is 18.9. The summed E-state index contributed by atoms with van der Waals surface area (Å²) in [4.78, 5) is 31.7. The molecule has 0 bridgehead atoms. The molecule has 12 heteroatoms. The Morgan fingerprint density at radius 3 is 2.49 bits per heavy atom. The lowest BCUT2D eigenvalue weighted by Crippen LogP contribution is -2.53. The zero-order valence-corrected chi connectivity index (χ0v) is 27.5. The zero-order valence-electron chi connectivity index (χ0n) is 25.7. The SMILES string of the molecule is CCOC(=O)/C=C/[C@@]1(C)SC(N(COCC[Si](C)(C)C)C(=O)OC(C)(C)C)=N[C@](CF)(c2cc(N)ccc2F)[C@@H]1C. The van der Waals surface area contributed by atoms with E-state index in [1.807, 2.05) is 0 Å². The molecule has 0 radical (unpaired) electrons. The number of halogens is 2. The minimum absolute atomic E-state index is 0.0511. The number of amides is 1. The number of hydrogen-bond acceptors (Lipinski definition) is 8. The highest BCUT2D eigenvalue weighted by Crippen LogP contribution is 2.53. The van der Waals surface area contributed by atoms with Crippen molar-refractivity contribution < 1.29 is 32.6 Å².